The molecule has 2 aliphatic heterocycles. The van der Waals surface area contributed by atoms with Gasteiger partial charge in [-0.1, -0.05) is 12.1 Å². The number of piperidine rings is 1. The summed E-state index contributed by atoms with van der Waals surface area (Å²) in [7, 11) is 3.35. The summed E-state index contributed by atoms with van der Waals surface area (Å²) in [5, 5.41) is 3.27. The normalized spacial score (nSPS) is 22.6. The van der Waals surface area contributed by atoms with E-state index in [1.807, 2.05) is 24.3 Å². The van der Waals surface area contributed by atoms with Crippen LogP contribution in [0.4, 0.5) is 0 Å². The van der Waals surface area contributed by atoms with Gasteiger partial charge in [-0.3, -0.25) is 4.79 Å². The third-order valence-electron chi connectivity index (χ3n) is 7.79. The zero-order valence-corrected chi connectivity index (χ0v) is 20.8. The van der Waals surface area contributed by atoms with Crippen LogP contribution < -0.4 is 19.5 Å². The number of ether oxygens (including phenoxy) is 3. The Morgan fingerprint density at radius 3 is 2.49 bits per heavy atom. The molecule has 1 saturated heterocycles. The number of benzene rings is 2. The second kappa shape index (κ2) is 10.7. The molecule has 0 unspecified atom stereocenters. The molecule has 2 aromatic carbocycles. The first-order valence-electron chi connectivity index (χ1n) is 12.8. The highest BCUT2D eigenvalue weighted by molar-refractivity contribution is 5.99. The van der Waals surface area contributed by atoms with Gasteiger partial charge in [0.25, 0.3) is 5.91 Å². The Morgan fingerprint density at radius 2 is 1.74 bits per heavy atom. The molecule has 0 bridgehead atoms. The number of carbonyl (C=O) groups is 1. The molecule has 6 nitrogen and oxygen atoms in total. The molecule has 0 aromatic heterocycles. The first-order chi connectivity index (χ1) is 17.1. The van der Waals surface area contributed by atoms with Gasteiger partial charge in [0.05, 0.1) is 19.8 Å². The maximum absolute atomic E-state index is 12.9. The van der Waals surface area contributed by atoms with Crippen LogP contribution in [-0.4, -0.2) is 57.3 Å². The van der Waals surface area contributed by atoms with E-state index in [9.17, 15) is 4.79 Å². The Labute approximate surface area is 208 Å². The van der Waals surface area contributed by atoms with E-state index in [1.165, 1.54) is 24.8 Å². The number of hydrogen-bond acceptors (Lipinski definition) is 5. The summed E-state index contributed by atoms with van der Waals surface area (Å²) >= 11 is 0. The van der Waals surface area contributed by atoms with Gasteiger partial charge < -0.3 is 24.4 Å². The van der Waals surface area contributed by atoms with Crippen molar-refractivity contribution in [1.82, 2.24) is 10.2 Å². The molecule has 1 N–H and O–H groups in total. The van der Waals surface area contributed by atoms with Gasteiger partial charge in [0.15, 0.2) is 0 Å². The third kappa shape index (κ3) is 5.64. The summed E-state index contributed by atoms with van der Waals surface area (Å²) in [6.07, 6.45) is 7.66. The van der Waals surface area contributed by atoms with Gasteiger partial charge in [-0.25, -0.2) is 0 Å². The number of amides is 1. The Bertz CT molecular complexity index is 1060. The van der Waals surface area contributed by atoms with Crippen LogP contribution in [0.5, 0.6) is 17.2 Å². The van der Waals surface area contributed by atoms with E-state index in [-0.39, 0.29) is 11.9 Å². The predicted molar refractivity (Wildman–Crippen MR) is 137 cm³/mol. The van der Waals surface area contributed by atoms with Crippen LogP contribution in [0.1, 0.15) is 49.1 Å². The molecule has 5 rings (SSSR count). The predicted octanol–water partition coefficient (Wildman–Crippen LogP) is 4.64. The number of fused-ring (bicyclic) bond motifs is 1. The lowest BCUT2D eigenvalue weighted by molar-refractivity contribution is -0.118. The maximum Gasteiger partial charge on any atom is 0.250 e. The van der Waals surface area contributed by atoms with E-state index in [0.717, 1.165) is 55.3 Å². The summed E-state index contributed by atoms with van der Waals surface area (Å²) in [6.45, 7) is 3.74. The summed E-state index contributed by atoms with van der Waals surface area (Å²) < 4.78 is 16.4. The molecule has 3 aliphatic rings. The van der Waals surface area contributed by atoms with Crippen LogP contribution >= 0.6 is 0 Å². The van der Waals surface area contributed by atoms with Gasteiger partial charge in [-0.15, -0.1) is 0 Å². The minimum atomic E-state index is -0.00239. The van der Waals surface area contributed by atoms with E-state index in [0.29, 0.717) is 24.0 Å². The second-order valence-electron chi connectivity index (χ2n) is 10.1. The van der Waals surface area contributed by atoms with Crippen LogP contribution in [0.2, 0.25) is 0 Å². The van der Waals surface area contributed by atoms with Gasteiger partial charge in [0.1, 0.15) is 23.9 Å². The van der Waals surface area contributed by atoms with Crippen molar-refractivity contribution >= 4 is 12.0 Å². The zero-order chi connectivity index (χ0) is 24.2. The van der Waals surface area contributed by atoms with Crippen molar-refractivity contribution in [2.75, 3.05) is 40.5 Å². The molecule has 35 heavy (non-hydrogen) atoms. The first-order valence-corrected chi connectivity index (χ1v) is 12.8. The molecule has 1 amide bonds. The number of hydrogen-bond donors (Lipinski definition) is 1. The van der Waals surface area contributed by atoms with E-state index in [2.05, 4.69) is 34.5 Å². The highest BCUT2D eigenvalue weighted by Crippen LogP contribution is 2.33. The van der Waals surface area contributed by atoms with Crippen molar-refractivity contribution in [1.29, 1.82) is 0 Å². The topological polar surface area (TPSA) is 60.0 Å². The fourth-order valence-corrected chi connectivity index (χ4v) is 5.74. The molecule has 1 aliphatic carbocycles. The Hall–Kier alpha value is -2.99. The molecule has 6 heteroatoms. The highest BCUT2D eigenvalue weighted by atomic mass is 16.5. The van der Waals surface area contributed by atoms with E-state index >= 15 is 0 Å². The van der Waals surface area contributed by atoms with E-state index < -0.39 is 0 Å². The summed E-state index contributed by atoms with van der Waals surface area (Å²) in [5.74, 6) is 3.74. The lowest BCUT2D eigenvalue weighted by Crippen LogP contribution is -2.38. The van der Waals surface area contributed by atoms with Gasteiger partial charge >= 0.3 is 0 Å². The number of nitrogens with one attached hydrogen (secondary N) is 1. The lowest BCUT2D eigenvalue weighted by Gasteiger charge is -2.33. The van der Waals surface area contributed by atoms with Crippen LogP contribution in [0.25, 0.3) is 6.08 Å². The van der Waals surface area contributed by atoms with E-state index in [1.54, 1.807) is 14.2 Å². The van der Waals surface area contributed by atoms with Crippen LogP contribution in [-0.2, 0) is 4.79 Å². The monoisotopic (exact) mass is 476 g/mol. The van der Waals surface area contributed by atoms with Crippen molar-refractivity contribution in [2.24, 2.45) is 5.92 Å². The molecule has 1 saturated carbocycles. The number of carbonyl (C=O) groups excluding carboxylic acids is 1. The Morgan fingerprint density at radius 1 is 1.00 bits per heavy atom. The van der Waals surface area contributed by atoms with Gasteiger partial charge in [0, 0.05) is 24.2 Å². The van der Waals surface area contributed by atoms with E-state index in [4.69, 9.17) is 14.2 Å². The average Bonchev–Trinajstić information content (AvgIpc) is 3.35. The number of methoxy groups -OCH3 is 2. The largest absolute Gasteiger partial charge is 0.497 e. The summed E-state index contributed by atoms with van der Waals surface area (Å²) in [5.41, 5.74) is 3.04. The molecule has 2 fully saturated rings. The van der Waals surface area contributed by atoms with Gasteiger partial charge in [-0.2, -0.15) is 0 Å². The standard InChI is InChI=1S/C29H36N2O4/c1-33-26-8-4-21(5-9-26)22-11-13-31(14-12-22)18-20-3-7-25(15-20)30-29(32)24-16-23-6-10-27(34-2)17-28(23)35-19-24/h4-6,8-10,16-17,20,22,25H,3,7,11-15,18-19H2,1-2H3,(H,30,32)/t20-,25+/m0/s1. The third-order valence-corrected chi connectivity index (χ3v) is 7.79. The van der Waals surface area contributed by atoms with Crippen molar-refractivity contribution in [3.05, 3.63) is 59.2 Å². The number of nitrogens with zero attached hydrogens (tertiary/aromatic N) is 1. The maximum atomic E-state index is 12.9. The zero-order valence-electron chi connectivity index (χ0n) is 20.8. The van der Waals surface area contributed by atoms with Crippen molar-refractivity contribution < 1.29 is 19.0 Å². The molecule has 0 radical (unpaired) electrons. The minimum Gasteiger partial charge on any atom is -0.497 e. The van der Waals surface area contributed by atoms with Gasteiger partial charge in [0.2, 0.25) is 0 Å². The number of rotatable bonds is 7. The molecule has 186 valence electrons. The van der Waals surface area contributed by atoms with Crippen LogP contribution in [0.15, 0.2) is 48.0 Å². The molecule has 2 atom stereocenters. The fourth-order valence-electron chi connectivity index (χ4n) is 5.74. The second-order valence-corrected chi connectivity index (χ2v) is 10.1. The first kappa shape index (κ1) is 23.7. The summed E-state index contributed by atoms with van der Waals surface area (Å²) in [6, 6.07) is 14.5. The molecule has 2 aromatic rings. The van der Waals surface area contributed by atoms with Crippen LogP contribution in [0, 0.1) is 5.92 Å². The van der Waals surface area contributed by atoms with Crippen LogP contribution in [0.3, 0.4) is 0 Å². The molecule has 2 heterocycles. The summed E-state index contributed by atoms with van der Waals surface area (Å²) in [4.78, 5) is 15.5. The smallest absolute Gasteiger partial charge is 0.250 e. The quantitative estimate of drug-likeness (QED) is 0.631. The Kier molecular flexibility index (Phi) is 7.28. The highest BCUT2D eigenvalue weighted by Gasteiger charge is 2.30. The van der Waals surface area contributed by atoms with Crippen molar-refractivity contribution in [2.45, 2.75) is 44.1 Å². The van der Waals surface area contributed by atoms with Crippen molar-refractivity contribution in [3.8, 4) is 17.2 Å². The lowest BCUT2D eigenvalue weighted by atomic mass is 9.89. The SMILES string of the molecule is COc1ccc(C2CCN(C[C@H]3CC[C@@H](NC(=O)C4=Cc5ccc(OC)cc5OC4)C3)CC2)cc1. The Balaban J connectivity index is 1.07. The molecular weight excluding hydrogens is 440 g/mol. The van der Waals surface area contributed by atoms with Gasteiger partial charge in [-0.05, 0) is 92.9 Å². The number of likely N-dealkylation sites (tertiary alicyclic amines) is 1. The fraction of sp³-hybridized carbons (Fsp3) is 0.483. The minimum absolute atomic E-state index is 0.00239. The average molecular weight is 477 g/mol. The molecule has 0 spiro atoms. The van der Waals surface area contributed by atoms with Crippen molar-refractivity contribution in [3.63, 3.8) is 0 Å². The molecular formula is C29H36N2O4.